The fourth-order valence-electron chi connectivity index (χ4n) is 2.54. The number of rotatable bonds is 8. The van der Waals surface area contributed by atoms with Gasteiger partial charge in [0.05, 0.1) is 25.3 Å². The van der Waals surface area contributed by atoms with Gasteiger partial charge in [-0.3, -0.25) is 10.6 Å². The Morgan fingerprint density at radius 3 is 1.36 bits per heavy atom. The molecule has 0 saturated carbocycles. The van der Waals surface area contributed by atoms with E-state index in [1.807, 2.05) is 0 Å². The van der Waals surface area contributed by atoms with Crippen LogP contribution in [-0.4, -0.2) is 52.2 Å². The van der Waals surface area contributed by atoms with Gasteiger partial charge in [0.1, 0.15) is 11.5 Å². The first kappa shape index (κ1) is 30.2. The summed E-state index contributed by atoms with van der Waals surface area (Å²) >= 11 is 35.7. The molecule has 0 saturated heterocycles. The van der Waals surface area contributed by atoms with Crippen molar-refractivity contribution in [2.24, 2.45) is 0 Å². The van der Waals surface area contributed by atoms with Crippen LogP contribution in [0, 0.1) is 0 Å². The topological polar surface area (TPSA) is 112 Å². The van der Waals surface area contributed by atoms with Crippen molar-refractivity contribution in [3.05, 3.63) is 59.7 Å². The second-order valence-electron chi connectivity index (χ2n) is 6.74. The Hall–Kier alpha value is -2.01. The molecular formula is C21H18Cl6N2O7. The highest BCUT2D eigenvalue weighted by Gasteiger charge is 2.40. The van der Waals surface area contributed by atoms with Crippen molar-refractivity contribution in [1.82, 2.24) is 10.6 Å². The number of nitrogens with one attached hydrogen (secondary N) is 2. The van der Waals surface area contributed by atoms with Gasteiger partial charge in [-0.1, -0.05) is 81.7 Å². The summed E-state index contributed by atoms with van der Waals surface area (Å²) in [4.78, 5) is 36.2. The number of benzene rings is 2. The number of amides is 2. The van der Waals surface area contributed by atoms with Crippen molar-refractivity contribution in [2.75, 3.05) is 14.2 Å². The van der Waals surface area contributed by atoms with E-state index >= 15 is 0 Å². The molecule has 0 spiro atoms. The molecule has 0 aliphatic heterocycles. The van der Waals surface area contributed by atoms with Crippen molar-refractivity contribution < 1.29 is 33.3 Å². The Morgan fingerprint density at radius 2 is 1.06 bits per heavy atom. The number of carbonyl (C=O) groups is 3. The Labute approximate surface area is 236 Å². The highest BCUT2D eigenvalue weighted by Crippen LogP contribution is 2.34. The van der Waals surface area contributed by atoms with Gasteiger partial charge in [0.25, 0.3) is 0 Å². The summed E-state index contributed by atoms with van der Waals surface area (Å²) in [5.74, 6) is -1.11. The third-order valence-electron chi connectivity index (χ3n) is 4.14. The molecule has 0 radical (unpaired) electrons. The van der Waals surface area contributed by atoms with E-state index in [-0.39, 0.29) is 22.6 Å². The van der Waals surface area contributed by atoms with Gasteiger partial charge in [0.2, 0.25) is 20.0 Å². The van der Waals surface area contributed by atoms with Crippen molar-refractivity contribution >= 4 is 87.6 Å². The van der Waals surface area contributed by atoms with E-state index in [0.29, 0.717) is 0 Å². The highest BCUT2D eigenvalue weighted by molar-refractivity contribution is 6.68. The molecule has 2 aromatic rings. The molecular weight excluding hydrogens is 605 g/mol. The average molecular weight is 623 g/mol. The van der Waals surface area contributed by atoms with E-state index in [1.165, 1.54) is 62.8 Å². The van der Waals surface area contributed by atoms with E-state index < -0.39 is 38.0 Å². The lowest BCUT2D eigenvalue weighted by Crippen LogP contribution is -2.56. The smallest absolute Gasteiger partial charge is 0.337 e. The molecule has 0 unspecified atom stereocenters. The fraction of sp³-hybridized carbons (Fsp3) is 0.286. The summed E-state index contributed by atoms with van der Waals surface area (Å²) < 4.78 is 16.1. The van der Waals surface area contributed by atoms with Crippen LogP contribution in [0.5, 0.6) is 11.5 Å². The summed E-state index contributed by atoms with van der Waals surface area (Å²) in [6.45, 7) is 0. The van der Waals surface area contributed by atoms with Crippen LogP contribution in [0.2, 0.25) is 0 Å². The minimum Gasteiger partial charge on any atom is -0.466 e. The number of esters is 2. The zero-order valence-corrected chi connectivity index (χ0v) is 22.9. The van der Waals surface area contributed by atoms with Gasteiger partial charge in [0.15, 0.2) is 0 Å². The summed E-state index contributed by atoms with van der Waals surface area (Å²) in [6, 6.07) is 10.5. The molecule has 0 fully saturated rings. The molecule has 36 heavy (non-hydrogen) atoms. The van der Waals surface area contributed by atoms with Crippen molar-refractivity contribution in [3.8, 4) is 11.5 Å². The minimum atomic E-state index is -2.18. The van der Waals surface area contributed by atoms with Crippen LogP contribution in [-0.2, 0) is 9.47 Å². The SMILES string of the molecule is COC(=O)c1cccc(O[C@@H](NC(=O)N[C@@H](Oc2cccc(C(=O)OC)c2)C(Cl)(Cl)Cl)C(Cl)(Cl)Cl)c1. The standard InChI is InChI=1S/C21H18Cl6N2O7/c1-33-15(30)11-5-3-7-13(9-11)35-17(20(22,23)24)28-19(32)29-18(21(25,26)27)36-14-8-4-6-12(10-14)16(31)34-2/h3-10,17-18H,1-2H3,(H2,28,29,32)/t17-,18+. The minimum absolute atomic E-state index is 0.0725. The van der Waals surface area contributed by atoms with Crippen LogP contribution in [0.15, 0.2) is 48.5 Å². The van der Waals surface area contributed by atoms with Crippen LogP contribution in [0.25, 0.3) is 0 Å². The monoisotopic (exact) mass is 620 g/mol. The molecule has 2 rings (SSSR count). The molecule has 0 heterocycles. The molecule has 15 heteroatoms. The quantitative estimate of drug-likeness (QED) is 0.230. The zero-order chi connectivity index (χ0) is 27.1. The Bertz CT molecular complexity index is 1010. The zero-order valence-electron chi connectivity index (χ0n) is 18.4. The maximum atomic E-state index is 12.7. The molecule has 2 amide bonds. The third kappa shape index (κ3) is 9.14. The number of halogens is 6. The van der Waals surface area contributed by atoms with Crippen molar-refractivity contribution in [1.29, 1.82) is 0 Å². The third-order valence-corrected chi connectivity index (χ3v) is 5.33. The molecule has 9 nitrogen and oxygen atoms in total. The van der Waals surface area contributed by atoms with Gasteiger partial charge in [0, 0.05) is 0 Å². The van der Waals surface area contributed by atoms with Gasteiger partial charge >= 0.3 is 18.0 Å². The number of hydrogen-bond acceptors (Lipinski definition) is 7. The van der Waals surface area contributed by atoms with Crippen LogP contribution in [0.3, 0.4) is 0 Å². The first-order valence-corrected chi connectivity index (χ1v) is 11.9. The van der Waals surface area contributed by atoms with Crippen LogP contribution in [0.1, 0.15) is 20.7 Å². The van der Waals surface area contributed by atoms with E-state index in [1.54, 1.807) is 0 Å². The Balaban J connectivity index is 2.18. The molecule has 2 atom stereocenters. The number of ether oxygens (including phenoxy) is 4. The summed E-state index contributed by atoms with van der Waals surface area (Å²) in [6.07, 6.45) is -3.15. The predicted molar refractivity (Wildman–Crippen MR) is 137 cm³/mol. The molecule has 0 aromatic heterocycles. The van der Waals surface area contributed by atoms with Gasteiger partial charge in [-0.2, -0.15) is 0 Å². The Kier molecular flexibility index (Phi) is 10.9. The van der Waals surface area contributed by atoms with Gasteiger partial charge in [-0.05, 0) is 36.4 Å². The second kappa shape index (κ2) is 13.0. The Morgan fingerprint density at radius 1 is 0.694 bits per heavy atom. The lowest BCUT2D eigenvalue weighted by atomic mass is 10.2. The first-order chi connectivity index (χ1) is 16.7. The first-order valence-electron chi connectivity index (χ1n) is 9.65. The summed E-state index contributed by atoms with van der Waals surface area (Å²) in [5, 5.41) is 4.56. The maximum Gasteiger partial charge on any atom is 0.337 e. The molecule has 2 aromatic carbocycles. The predicted octanol–water partition coefficient (Wildman–Crippen LogP) is 5.41. The largest absolute Gasteiger partial charge is 0.466 e. The van der Waals surface area contributed by atoms with Crippen LogP contribution < -0.4 is 20.1 Å². The highest BCUT2D eigenvalue weighted by atomic mass is 35.6. The number of carbonyl (C=O) groups excluding carboxylic acids is 3. The van der Waals surface area contributed by atoms with E-state index in [9.17, 15) is 14.4 Å². The van der Waals surface area contributed by atoms with E-state index in [0.717, 1.165) is 0 Å². The van der Waals surface area contributed by atoms with Crippen molar-refractivity contribution in [3.63, 3.8) is 0 Å². The van der Waals surface area contributed by atoms with Gasteiger partial charge in [-0.15, -0.1) is 0 Å². The second-order valence-corrected chi connectivity index (χ2v) is 11.5. The maximum absolute atomic E-state index is 12.7. The molecule has 0 bridgehead atoms. The lowest BCUT2D eigenvalue weighted by Gasteiger charge is -2.30. The molecule has 0 aliphatic rings. The van der Waals surface area contributed by atoms with E-state index in [2.05, 4.69) is 20.1 Å². The molecule has 0 aliphatic carbocycles. The summed E-state index contributed by atoms with van der Waals surface area (Å²) in [7, 11) is 2.42. The lowest BCUT2D eigenvalue weighted by molar-refractivity contribution is 0.0591. The summed E-state index contributed by atoms with van der Waals surface area (Å²) in [5.41, 5.74) is 0.308. The number of urea groups is 1. The van der Waals surface area contributed by atoms with E-state index in [4.69, 9.17) is 79.1 Å². The normalized spacial score (nSPS) is 13.1. The fourth-order valence-corrected chi connectivity index (χ4v) is 3.13. The van der Waals surface area contributed by atoms with Crippen LogP contribution in [0.4, 0.5) is 4.79 Å². The van der Waals surface area contributed by atoms with Crippen molar-refractivity contribution in [2.45, 2.75) is 20.0 Å². The van der Waals surface area contributed by atoms with Crippen LogP contribution >= 0.6 is 69.6 Å². The number of hydrogen-bond donors (Lipinski definition) is 2. The molecule has 2 N–H and O–H groups in total. The number of methoxy groups -OCH3 is 2. The van der Waals surface area contributed by atoms with Gasteiger partial charge < -0.3 is 18.9 Å². The number of alkyl halides is 6. The average Bonchev–Trinajstić information content (AvgIpc) is 2.81. The van der Waals surface area contributed by atoms with Gasteiger partial charge in [-0.25, -0.2) is 14.4 Å². The molecule has 196 valence electrons.